The summed E-state index contributed by atoms with van der Waals surface area (Å²) in [5, 5.41) is 4.21. The van der Waals surface area contributed by atoms with Crippen molar-refractivity contribution in [2.24, 2.45) is 0 Å². The standard InChI is InChI=1S/C17H16FN5O/c18-13-4-1-3-12(9-13)10-16(24)22-8-2-5-14(22)15-6-7-19-17-20-11-21-23(15)17/h1,3-4,6-7,9,11,14H,2,5,8,10H2/t14-/m1/s1. The fourth-order valence-electron chi connectivity index (χ4n) is 3.30. The molecular weight excluding hydrogens is 309 g/mol. The molecule has 1 saturated heterocycles. The van der Waals surface area contributed by atoms with Crippen LogP contribution in [-0.4, -0.2) is 36.9 Å². The number of hydrogen-bond acceptors (Lipinski definition) is 4. The minimum atomic E-state index is -0.322. The minimum Gasteiger partial charge on any atom is -0.334 e. The number of amides is 1. The molecule has 1 aromatic carbocycles. The van der Waals surface area contributed by atoms with Gasteiger partial charge in [-0.2, -0.15) is 14.6 Å². The van der Waals surface area contributed by atoms with Crippen molar-refractivity contribution in [1.29, 1.82) is 0 Å². The Labute approximate surface area is 138 Å². The number of likely N-dealkylation sites (tertiary alicyclic amines) is 1. The second-order valence-electron chi connectivity index (χ2n) is 5.89. The van der Waals surface area contributed by atoms with Gasteiger partial charge in [0.05, 0.1) is 18.2 Å². The van der Waals surface area contributed by atoms with Gasteiger partial charge in [-0.05, 0) is 36.6 Å². The van der Waals surface area contributed by atoms with Gasteiger partial charge >= 0.3 is 0 Å². The smallest absolute Gasteiger partial charge is 0.252 e. The van der Waals surface area contributed by atoms with Crippen LogP contribution in [0.2, 0.25) is 0 Å². The highest BCUT2D eigenvalue weighted by molar-refractivity contribution is 5.79. The molecule has 0 unspecified atom stereocenters. The molecule has 1 amide bonds. The molecule has 1 aliphatic heterocycles. The third-order valence-electron chi connectivity index (χ3n) is 4.37. The maximum absolute atomic E-state index is 13.3. The van der Waals surface area contributed by atoms with Crippen LogP contribution >= 0.6 is 0 Å². The Bertz CT molecular complexity index is 893. The summed E-state index contributed by atoms with van der Waals surface area (Å²) in [6, 6.07) is 8.00. The molecule has 0 saturated carbocycles. The third kappa shape index (κ3) is 2.62. The van der Waals surface area contributed by atoms with Gasteiger partial charge in [-0.15, -0.1) is 0 Å². The first-order valence-electron chi connectivity index (χ1n) is 7.91. The van der Waals surface area contributed by atoms with E-state index in [1.165, 1.54) is 18.5 Å². The van der Waals surface area contributed by atoms with Crippen LogP contribution in [0.5, 0.6) is 0 Å². The van der Waals surface area contributed by atoms with Crippen molar-refractivity contribution in [3.63, 3.8) is 0 Å². The van der Waals surface area contributed by atoms with Gasteiger partial charge in [-0.25, -0.2) is 9.37 Å². The van der Waals surface area contributed by atoms with Crippen molar-refractivity contribution < 1.29 is 9.18 Å². The molecule has 0 bridgehead atoms. The number of benzene rings is 1. The number of rotatable bonds is 3. The number of halogens is 1. The number of fused-ring (bicyclic) bond motifs is 1. The zero-order valence-corrected chi connectivity index (χ0v) is 13.0. The van der Waals surface area contributed by atoms with E-state index in [1.54, 1.807) is 22.8 Å². The van der Waals surface area contributed by atoms with E-state index in [0.717, 1.165) is 18.5 Å². The highest BCUT2D eigenvalue weighted by Gasteiger charge is 2.31. The van der Waals surface area contributed by atoms with E-state index in [4.69, 9.17) is 0 Å². The van der Waals surface area contributed by atoms with Crippen LogP contribution in [0.15, 0.2) is 42.9 Å². The van der Waals surface area contributed by atoms with Crippen LogP contribution in [0.4, 0.5) is 4.39 Å². The van der Waals surface area contributed by atoms with E-state index in [9.17, 15) is 9.18 Å². The van der Waals surface area contributed by atoms with Crippen molar-refractivity contribution in [3.8, 4) is 0 Å². The fourth-order valence-corrected chi connectivity index (χ4v) is 3.30. The molecule has 1 atom stereocenters. The van der Waals surface area contributed by atoms with E-state index in [0.29, 0.717) is 17.9 Å². The molecule has 0 aliphatic carbocycles. The molecule has 1 aliphatic rings. The molecule has 0 N–H and O–H groups in total. The Kier molecular flexibility index (Phi) is 3.68. The third-order valence-corrected chi connectivity index (χ3v) is 4.37. The quantitative estimate of drug-likeness (QED) is 0.740. The van der Waals surface area contributed by atoms with Crippen LogP contribution < -0.4 is 0 Å². The van der Waals surface area contributed by atoms with Gasteiger partial charge in [0.2, 0.25) is 5.91 Å². The molecular formula is C17H16FN5O. The lowest BCUT2D eigenvalue weighted by atomic mass is 10.1. The molecule has 3 aromatic rings. The summed E-state index contributed by atoms with van der Waals surface area (Å²) >= 11 is 0. The van der Waals surface area contributed by atoms with Crippen LogP contribution in [0.25, 0.3) is 5.78 Å². The number of nitrogens with zero attached hydrogens (tertiary/aromatic N) is 5. The SMILES string of the molecule is O=C(Cc1cccc(F)c1)N1CCC[C@@H]1c1ccnc2ncnn12. The predicted molar refractivity (Wildman–Crippen MR) is 84.6 cm³/mol. The van der Waals surface area contributed by atoms with E-state index < -0.39 is 0 Å². The Morgan fingerprint density at radius 3 is 3.08 bits per heavy atom. The molecule has 2 aromatic heterocycles. The molecule has 4 rings (SSSR count). The summed E-state index contributed by atoms with van der Waals surface area (Å²) in [5.41, 5.74) is 1.59. The first-order chi connectivity index (χ1) is 11.7. The Morgan fingerprint density at radius 1 is 1.29 bits per heavy atom. The molecule has 1 fully saturated rings. The summed E-state index contributed by atoms with van der Waals surface area (Å²) < 4.78 is 15.0. The first kappa shape index (κ1) is 14.7. The number of hydrogen-bond donors (Lipinski definition) is 0. The van der Waals surface area contributed by atoms with E-state index in [1.807, 2.05) is 11.0 Å². The largest absolute Gasteiger partial charge is 0.334 e. The number of aromatic nitrogens is 4. The second kappa shape index (κ2) is 5.99. The van der Waals surface area contributed by atoms with Crippen LogP contribution in [0, 0.1) is 5.82 Å². The van der Waals surface area contributed by atoms with Crippen LogP contribution in [-0.2, 0) is 11.2 Å². The molecule has 3 heterocycles. The fraction of sp³-hybridized carbons (Fsp3) is 0.294. The lowest BCUT2D eigenvalue weighted by Gasteiger charge is -2.25. The van der Waals surface area contributed by atoms with Gasteiger partial charge in [0.15, 0.2) is 0 Å². The molecule has 0 spiro atoms. The van der Waals surface area contributed by atoms with Gasteiger partial charge in [0.1, 0.15) is 12.1 Å². The predicted octanol–water partition coefficient (Wildman–Crippen LogP) is 2.17. The second-order valence-corrected chi connectivity index (χ2v) is 5.89. The number of carbonyl (C=O) groups excluding carboxylic acids is 1. The summed E-state index contributed by atoms with van der Waals surface area (Å²) in [7, 11) is 0. The van der Waals surface area contributed by atoms with Crippen molar-refractivity contribution >= 4 is 11.7 Å². The summed E-state index contributed by atoms with van der Waals surface area (Å²) in [6.07, 6.45) is 5.14. The maximum Gasteiger partial charge on any atom is 0.252 e. The number of carbonyl (C=O) groups is 1. The van der Waals surface area contributed by atoms with Crippen LogP contribution in [0.1, 0.15) is 30.1 Å². The Hall–Kier alpha value is -2.83. The first-order valence-corrected chi connectivity index (χ1v) is 7.91. The van der Waals surface area contributed by atoms with Crippen molar-refractivity contribution in [1.82, 2.24) is 24.5 Å². The van der Waals surface area contributed by atoms with Crippen molar-refractivity contribution in [2.45, 2.75) is 25.3 Å². The zero-order valence-electron chi connectivity index (χ0n) is 13.0. The highest BCUT2D eigenvalue weighted by Crippen LogP contribution is 2.32. The average molecular weight is 325 g/mol. The monoisotopic (exact) mass is 325 g/mol. The molecule has 7 heteroatoms. The van der Waals surface area contributed by atoms with E-state index >= 15 is 0 Å². The van der Waals surface area contributed by atoms with Crippen molar-refractivity contribution in [3.05, 3.63) is 59.9 Å². The minimum absolute atomic E-state index is 0.00632. The van der Waals surface area contributed by atoms with Gasteiger partial charge in [-0.1, -0.05) is 12.1 Å². The van der Waals surface area contributed by atoms with Gasteiger partial charge in [0.25, 0.3) is 5.78 Å². The summed E-state index contributed by atoms with van der Waals surface area (Å²) in [6.45, 7) is 0.692. The topological polar surface area (TPSA) is 63.4 Å². The Morgan fingerprint density at radius 2 is 2.21 bits per heavy atom. The molecule has 24 heavy (non-hydrogen) atoms. The molecule has 6 nitrogen and oxygen atoms in total. The van der Waals surface area contributed by atoms with Gasteiger partial charge < -0.3 is 4.90 Å². The lowest BCUT2D eigenvalue weighted by Crippen LogP contribution is -2.32. The van der Waals surface area contributed by atoms with E-state index in [-0.39, 0.29) is 24.2 Å². The molecule has 122 valence electrons. The zero-order chi connectivity index (χ0) is 16.5. The average Bonchev–Trinajstić information content (AvgIpc) is 3.23. The highest BCUT2D eigenvalue weighted by atomic mass is 19.1. The van der Waals surface area contributed by atoms with Crippen LogP contribution in [0.3, 0.4) is 0 Å². The van der Waals surface area contributed by atoms with Crippen molar-refractivity contribution in [2.75, 3.05) is 6.54 Å². The Balaban J connectivity index is 1.60. The summed E-state index contributed by atoms with van der Waals surface area (Å²) in [5.74, 6) is 0.196. The lowest BCUT2D eigenvalue weighted by molar-refractivity contribution is -0.131. The normalized spacial score (nSPS) is 17.5. The van der Waals surface area contributed by atoms with Gasteiger partial charge in [0, 0.05) is 12.7 Å². The maximum atomic E-state index is 13.3. The van der Waals surface area contributed by atoms with E-state index in [2.05, 4.69) is 15.1 Å². The summed E-state index contributed by atoms with van der Waals surface area (Å²) in [4.78, 5) is 22.8. The molecule has 0 radical (unpaired) electrons. The van der Waals surface area contributed by atoms with Gasteiger partial charge in [-0.3, -0.25) is 4.79 Å².